The fraction of sp³-hybridized carbons (Fsp3) is 0.417. The number of aromatic carboxylic acids is 1. The van der Waals surface area contributed by atoms with Crippen molar-refractivity contribution >= 4 is 16.8 Å². The Balaban J connectivity index is 2.59. The van der Waals surface area contributed by atoms with Gasteiger partial charge in [-0.05, 0) is 31.8 Å². The number of hydrogen-bond acceptors (Lipinski definition) is 3. The second-order valence-corrected chi connectivity index (χ2v) is 5.67. The van der Waals surface area contributed by atoms with Crippen LogP contribution in [0.2, 0.25) is 0 Å². The van der Waals surface area contributed by atoms with Gasteiger partial charge in [0.2, 0.25) is 0 Å². The van der Waals surface area contributed by atoms with E-state index in [-0.39, 0.29) is 5.56 Å². The third kappa shape index (κ3) is 5.10. The average molecular weight is 255 g/mol. The minimum absolute atomic E-state index is 0.243. The molecular formula is C12H17NO3S. The van der Waals surface area contributed by atoms with Crippen molar-refractivity contribution in [2.75, 3.05) is 26.4 Å². The van der Waals surface area contributed by atoms with Gasteiger partial charge >= 0.3 is 5.97 Å². The largest absolute Gasteiger partial charge is 0.478 e. The van der Waals surface area contributed by atoms with E-state index < -0.39 is 16.8 Å². The summed E-state index contributed by atoms with van der Waals surface area (Å²) in [6, 6.07) is 6.60. The monoisotopic (exact) mass is 255 g/mol. The molecule has 0 aliphatic carbocycles. The Bertz CT molecular complexity index is 418. The molecule has 0 radical (unpaired) electrons. The van der Waals surface area contributed by atoms with E-state index in [0.29, 0.717) is 11.5 Å². The van der Waals surface area contributed by atoms with Gasteiger partial charge in [0.25, 0.3) is 0 Å². The predicted octanol–water partition coefficient (Wildman–Crippen LogP) is 1.20. The second-order valence-electron chi connectivity index (χ2n) is 4.10. The quantitative estimate of drug-likeness (QED) is 0.829. The number of benzene rings is 1. The molecule has 1 unspecified atom stereocenters. The van der Waals surface area contributed by atoms with E-state index in [1.807, 2.05) is 19.0 Å². The highest BCUT2D eigenvalue weighted by molar-refractivity contribution is 7.84. The van der Waals surface area contributed by atoms with Gasteiger partial charge in [0.1, 0.15) is 0 Å². The standard InChI is InChI=1S/C12H17NO3S/c1-13(2)6-7-17(16)9-10-4-3-5-11(8-10)12(14)15/h3-5,8H,6-7,9H2,1-2H3,(H,14,15). The number of carbonyl (C=O) groups is 1. The van der Waals surface area contributed by atoms with Gasteiger partial charge in [0, 0.05) is 28.9 Å². The van der Waals surface area contributed by atoms with Crippen LogP contribution in [0.4, 0.5) is 0 Å². The molecule has 1 rings (SSSR count). The Morgan fingerprint density at radius 2 is 2.12 bits per heavy atom. The summed E-state index contributed by atoms with van der Waals surface area (Å²) >= 11 is 0. The second kappa shape index (κ2) is 6.51. The highest BCUT2D eigenvalue weighted by atomic mass is 32.2. The highest BCUT2D eigenvalue weighted by Gasteiger charge is 2.06. The van der Waals surface area contributed by atoms with Crippen molar-refractivity contribution in [2.24, 2.45) is 0 Å². The van der Waals surface area contributed by atoms with E-state index in [0.717, 1.165) is 12.1 Å². The van der Waals surface area contributed by atoms with Crippen LogP contribution in [0, 0.1) is 0 Å². The molecule has 0 fully saturated rings. The van der Waals surface area contributed by atoms with Crippen LogP contribution < -0.4 is 0 Å². The first-order valence-corrected chi connectivity index (χ1v) is 6.80. The van der Waals surface area contributed by atoms with Crippen LogP contribution in [-0.2, 0) is 16.6 Å². The summed E-state index contributed by atoms with van der Waals surface area (Å²) < 4.78 is 11.7. The lowest BCUT2D eigenvalue weighted by molar-refractivity contribution is 0.0697. The molecule has 0 aliphatic heterocycles. The van der Waals surface area contributed by atoms with Crippen LogP contribution >= 0.6 is 0 Å². The van der Waals surface area contributed by atoms with Crippen molar-refractivity contribution in [2.45, 2.75) is 5.75 Å². The average Bonchev–Trinajstić information content (AvgIpc) is 2.26. The molecule has 1 aromatic carbocycles. The van der Waals surface area contributed by atoms with E-state index in [2.05, 4.69) is 0 Å². The fourth-order valence-electron chi connectivity index (χ4n) is 1.34. The zero-order valence-electron chi connectivity index (χ0n) is 10.0. The van der Waals surface area contributed by atoms with Gasteiger partial charge in [-0.25, -0.2) is 4.79 Å². The van der Waals surface area contributed by atoms with Gasteiger partial charge in [-0.1, -0.05) is 12.1 Å². The summed E-state index contributed by atoms with van der Waals surface area (Å²) in [7, 11) is 2.92. The Morgan fingerprint density at radius 1 is 1.41 bits per heavy atom. The van der Waals surface area contributed by atoms with E-state index >= 15 is 0 Å². The maximum Gasteiger partial charge on any atom is 0.335 e. The first-order valence-electron chi connectivity index (χ1n) is 5.31. The van der Waals surface area contributed by atoms with E-state index in [1.165, 1.54) is 6.07 Å². The molecule has 17 heavy (non-hydrogen) atoms. The van der Waals surface area contributed by atoms with Gasteiger partial charge in [-0.2, -0.15) is 0 Å². The number of nitrogens with zero attached hydrogens (tertiary/aromatic N) is 1. The maximum absolute atomic E-state index is 11.7. The Hall–Kier alpha value is -1.20. The van der Waals surface area contributed by atoms with Crippen molar-refractivity contribution in [1.29, 1.82) is 0 Å². The molecule has 0 aromatic heterocycles. The lowest BCUT2D eigenvalue weighted by Gasteiger charge is -2.09. The molecule has 1 N–H and O–H groups in total. The maximum atomic E-state index is 11.7. The molecule has 0 amide bonds. The van der Waals surface area contributed by atoms with Crippen LogP contribution in [0.15, 0.2) is 24.3 Å². The molecule has 0 aliphatic rings. The Morgan fingerprint density at radius 3 is 2.71 bits per heavy atom. The first-order chi connectivity index (χ1) is 7.99. The highest BCUT2D eigenvalue weighted by Crippen LogP contribution is 2.08. The summed E-state index contributed by atoms with van der Waals surface area (Å²) in [4.78, 5) is 12.7. The summed E-state index contributed by atoms with van der Waals surface area (Å²) in [5.74, 6) is 0.0603. The van der Waals surface area contributed by atoms with E-state index in [9.17, 15) is 9.00 Å². The molecular weight excluding hydrogens is 238 g/mol. The van der Waals surface area contributed by atoms with Gasteiger partial charge < -0.3 is 10.0 Å². The Kier molecular flexibility index (Phi) is 5.31. The minimum atomic E-state index is -0.953. The third-order valence-electron chi connectivity index (χ3n) is 2.27. The van der Waals surface area contributed by atoms with E-state index in [1.54, 1.807) is 18.2 Å². The van der Waals surface area contributed by atoms with Crippen molar-refractivity contribution in [3.63, 3.8) is 0 Å². The smallest absolute Gasteiger partial charge is 0.335 e. The zero-order chi connectivity index (χ0) is 12.8. The molecule has 0 spiro atoms. The SMILES string of the molecule is CN(C)CCS(=O)Cc1cccc(C(=O)O)c1. The fourth-order valence-corrected chi connectivity index (χ4v) is 2.60. The topological polar surface area (TPSA) is 57.6 Å². The van der Waals surface area contributed by atoms with Crippen molar-refractivity contribution in [3.05, 3.63) is 35.4 Å². The number of carboxylic acid groups (broad SMARTS) is 1. The lowest BCUT2D eigenvalue weighted by Crippen LogP contribution is -2.19. The minimum Gasteiger partial charge on any atom is -0.478 e. The summed E-state index contributed by atoms with van der Waals surface area (Å²) in [5, 5.41) is 8.84. The number of rotatable bonds is 6. The molecule has 0 heterocycles. The molecule has 5 heteroatoms. The molecule has 1 atom stereocenters. The molecule has 0 saturated heterocycles. The lowest BCUT2D eigenvalue weighted by atomic mass is 10.1. The third-order valence-corrected chi connectivity index (χ3v) is 3.56. The summed E-state index contributed by atoms with van der Waals surface area (Å²) in [6.45, 7) is 0.769. The van der Waals surface area contributed by atoms with Gasteiger partial charge in [-0.15, -0.1) is 0 Å². The van der Waals surface area contributed by atoms with Crippen LogP contribution in [0.5, 0.6) is 0 Å². The molecule has 4 nitrogen and oxygen atoms in total. The molecule has 0 bridgehead atoms. The molecule has 1 aromatic rings. The normalized spacial score (nSPS) is 12.6. The van der Waals surface area contributed by atoms with Crippen LogP contribution in [-0.4, -0.2) is 46.6 Å². The van der Waals surface area contributed by atoms with Gasteiger partial charge in [0.05, 0.1) is 5.56 Å². The molecule has 94 valence electrons. The summed E-state index contributed by atoms with van der Waals surface area (Å²) in [5.41, 5.74) is 1.05. The summed E-state index contributed by atoms with van der Waals surface area (Å²) in [6.07, 6.45) is 0. The Labute approximate surface area is 104 Å². The van der Waals surface area contributed by atoms with E-state index in [4.69, 9.17) is 5.11 Å². The number of carboxylic acids is 1. The van der Waals surface area contributed by atoms with Crippen molar-refractivity contribution in [3.8, 4) is 0 Å². The van der Waals surface area contributed by atoms with Gasteiger partial charge in [-0.3, -0.25) is 4.21 Å². The van der Waals surface area contributed by atoms with Crippen LogP contribution in [0.1, 0.15) is 15.9 Å². The van der Waals surface area contributed by atoms with Crippen LogP contribution in [0.3, 0.4) is 0 Å². The van der Waals surface area contributed by atoms with Gasteiger partial charge in [0.15, 0.2) is 0 Å². The predicted molar refractivity (Wildman–Crippen MR) is 68.7 cm³/mol. The van der Waals surface area contributed by atoms with Crippen molar-refractivity contribution < 1.29 is 14.1 Å². The number of hydrogen-bond donors (Lipinski definition) is 1. The van der Waals surface area contributed by atoms with Crippen molar-refractivity contribution in [1.82, 2.24) is 4.90 Å². The van der Waals surface area contributed by atoms with Crippen LogP contribution in [0.25, 0.3) is 0 Å². The first kappa shape index (κ1) is 13.9. The zero-order valence-corrected chi connectivity index (χ0v) is 10.9. The molecule has 0 saturated carbocycles.